The van der Waals surface area contributed by atoms with Crippen molar-refractivity contribution in [1.29, 1.82) is 0 Å². The smallest absolute Gasteiger partial charge is 0.226 e. The Morgan fingerprint density at radius 1 is 0.485 bits per heavy atom. The van der Waals surface area contributed by atoms with Crippen molar-refractivity contribution in [2.75, 3.05) is 0 Å². The fraction of sp³-hybridized carbons (Fsp3) is 0. The third-order valence-electron chi connectivity index (χ3n) is 5.88. The average Bonchev–Trinajstić information content (AvgIpc) is 3.41. The molecule has 0 radical (unpaired) electrons. The maximum absolute atomic E-state index is 6.32. The SMILES string of the molecule is Clc1nc(-c2ccc3c(c2)oc2ccccc23)nc(-c2ccc3oc4ccccc4c3c2)n1. The van der Waals surface area contributed by atoms with Crippen molar-refractivity contribution in [3.8, 4) is 22.8 Å². The Kier molecular flexibility index (Phi) is 3.83. The molecular weight excluding hydrogens is 434 g/mol. The first-order valence-corrected chi connectivity index (χ1v) is 10.9. The van der Waals surface area contributed by atoms with Gasteiger partial charge in [0.2, 0.25) is 5.28 Å². The summed E-state index contributed by atoms with van der Waals surface area (Å²) >= 11 is 6.32. The molecule has 156 valence electrons. The molecule has 7 rings (SSSR count). The van der Waals surface area contributed by atoms with Crippen LogP contribution in [0.4, 0.5) is 0 Å². The van der Waals surface area contributed by atoms with Gasteiger partial charge in [-0.3, -0.25) is 0 Å². The van der Waals surface area contributed by atoms with Crippen molar-refractivity contribution in [1.82, 2.24) is 15.0 Å². The number of para-hydroxylation sites is 2. The lowest BCUT2D eigenvalue weighted by molar-refractivity contribution is 0.668. The number of rotatable bonds is 2. The maximum atomic E-state index is 6.32. The van der Waals surface area contributed by atoms with Crippen LogP contribution in [-0.2, 0) is 0 Å². The molecule has 3 aromatic heterocycles. The van der Waals surface area contributed by atoms with Gasteiger partial charge in [0.25, 0.3) is 0 Å². The standard InChI is InChI=1S/C27H14ClN3O2/c28-27-30-25(15-10-12-23-20(13-15)18-6-2-4-8-22(18)32-23)29-26(31-27)16-9-11-19-17-5-1-3-7-21(17)33-24(19)14-16/h1-14H. The highest BCUT2D eigenvalue weighted by molar-refractivity contribution is 6.28. The molecule has 0 unspecified atom stereocenters. The highest BCUT2D eigenvalue weighted by atomic mass is 35.5. The number of halogens is 1. The molecule has 3 heterocycles. The van der Waals surface area contributed by atoms with Crippen LogP contribution in [0.1, 0.15) is 0 Å². The largest absolute Gasteiger partial charge is 0.456 e. The van der Waals surface area contributed by atoms with Gasteiger partial charge in [-0.2, -0.15) is 9.97 Å². The minimum Gasteiger partial charge on any atom is -0.456 e. The molecule has 0 fully saturated rings. The van der Waals surface area contributed by atoms with E-state index in [1.54, 1.807) is 0 Å². The number of fused-ring (bicyclic) bond motifs is 6. The van der Waals surface area contributed by atoms with Gasteiger partial charge in [-0.25, -0.2) is 4.98 Å². The second-order valence-corrected chi connectivity index (χ2v) is 8.21. The summed E-state index contributed by atoms with van der Waals surface area (Å²) in [5, 5.41) is 4.31. The zero-order valence-electron chi connectivity index (χ0n) is 17.1. The summed E-state index contributed by atoms with van der Waals surface area (Å²) in [5.41, 5.74) is 4.93. The van der Waals surface area contributed by atoms with Gasteiger partial charge in [-0.1, -0.05) is 42.5 Å². The van der Waals surface area contributed by atoms with Crippen molar-refractivity contribution in [3.05, 3.63) is 90.2 Å². The van der Waals surface area contributed by atoms with E-state index in [-0.39, 0.29) is 5.28 Å². The summed E-state index contributed by atoms with van der Waals surface area (Å²) in [5.74, 6) is 0.992. The van der Waals surface area contributed by atoms with Crippen LogP contribution in [0.3, 0.4) is 0 Å². The predicted octanol–water partition coefficient (Wildman–Crippen LogP) is 7.66. The van der Waals surface area contributed by atoms with E-state index in [1.165, 1.54) is 0 Å². The fourth-order valence-electron chi connectivity index (χ4n) is 4.34. The normalized spacial score (nSPS) is 11.8. The minimum atomic E-state index is 0.136. The zero-order chi connectivity index (χ0) is 21.9. The lowest BCUT2D eigenvalue weighted by Crippen LogP contribution is -1.97. The van der Waals surface area contributed by atoms with Gasteiger partial charge >= 0.3 is 0 Å². The molecule has 0 aliphatic heterocycles. The number of nitrogens with zero attached hydrogens (tertiary/aromatic N) is 3. The first-order valence-electron chi connectivity index (χ1n) is 10.5. The Labute approximate surface area is 192 Å². The van der Waals surface area contributed by atoms with Gasteiger partial charge in [0.05, 0.1) is 0 Å². The quantitative estimate of drug-likeness (QED) is 0.272. The average molecular weight is 448 g/mol. The van der Waals surface area contributed by atoms with Crippen LogP contribution < -0.4 is 0 Å². The van der Waals surface area contributed by atoms with Crippen LogP contribution in [-0.4, -0.2) is 15.0 Å². The molecule has 6 heteroatoms. The molecule has 0 aliphatic rings. The summed E-state index contributed by atoms with van der Waals surface area (Å²) in [7, 11) is 0. The van der Waals surface area contributed by atoms with Gasteiger partial charge in [-0.05, 0) is 54.1 Å². The Balaban J connectivity index is 1.38. The highest BCUT2D eigenvalue weighted by Gasteiger charge is 2.14. The second-order valence-electron chi connectivity index (χ2n) is 7.87. The number of hydrogen-bond acceptors (Lipinski definition) is 5. The van der Waals surface area contributed by atoms with Crippen molar-refractivity contribution >= 4 is 55.5 Å². The van der Waals surface area contributed by atoms with E-state index >= 15 is 0 Å². The predicted molar refractivity (Wildman–Crippen MR) is 130 cm³/mol. The summed E-state index contributed by atoms with van der Waals surface area (Å²) in [6, 6.07) is 27.8. The Morgan fingerprint density at radius 2 is 1.03 bits per heavy atom. The first-order chi connectivity index (χ1) is 16.2. The summed E-state index contributed by atoms with van der Waals surface area (Å²) in [4.78, 5) is 13.5. The molecular formula is C27H14ClN3O2. The lowest BCUT2D eigenvalue weighted by atomic mass is 10.1. The zero-order valence-corrected chi connectivity index (χ0v) is 17.9. The molecule has 7 aromatic rings. The minimum absolute atomic E-state index is 0.136. The van der Waals surface area contributed by atoms with Crippen LogP contribution in [0, 0.1) is 0 Å². The van der Waals surface area contributed by atoms with Gasteiger partial charge in [0.1, 0.15) is 22.3 Å². The van der Waals surface area contributed by atoms with Crippen LogP contribution in [0.5, 0.6) is 0 Å². The van der Waals surface area contributed by atoms with Crippen molar-refractivity contribution in [3.63, 3.8) is 0 Å². The molecule has 0 N–H and O–H groups in total. The molecule has 0 atom stereocenters. The number of aromatic nitrogens is 3. The molecule has 4 aromatic carbocycles. The van der Waals surface area contributed by atoms with Crippen LogP contribution in [0.25, 0.3) is 66.7 Å². The van der Waals surface area contributed by atoms with E-state index in [0.29, 0.717) is 11.6 Å². The fourth-order valence-corrected chi connectivity index (χ4v) is 4.50. The molecule has 0 saturated carbocycles. The Hall–Kier alpha value is -4.22. The molecule has 0 aliphatic carbocycles. The van der Waals surface area contributed by atoms with Gasteiger partial charge in [-0.15, -0.1) is 0 Å². The summed E-state index contributed by atoms with van der Waals surface area (Å²) in [6.07, 6.45) is 0. The molecule has 0 saturated heterocycles. The third-order valence-corrected chi connectivity index (χ3v) is 6.05. The van der Waals surface area contributed by atoms with Gasteiger partial charge < -0.3 is 8.83 Å². The van der Waals surface area contributed by atoms with Crippen LogP contribution in [0.2, 0.25) is 5.28 Å². The summed E-state index contributed by atoms with van der Waals surface area (Å²) in [6.45, 7) is 0. The molecule has 0 bridgehead atoms. The summed E-state index contributed by atoms with van der Waals surface area (Å²) < 4.78 is 12.0. The van der Waals surface area contributed by atoms with Gasteiger partial charge in [0, 0.05) is 32.7 Å². The van der Waals surface area contributed by atoms with E-state index in [4.69, 9.17) is 25.4 Å². The van der Waals surface area contributed by atoms with Gasteiger partial charge in [0.15, 0.2) is 11.6 Å². The molecule has 0 amide bonds. The van der Waals surface area contributed by atoms with Crippen molar-refractivity contribution in [2.45, 2.75) is 0 Å². The van der Waals surface area contributed by atoms with E-state index in [2.05, 4.69) is 16.0 Å². The first kappa shape index (κ1) is 18.4. The van der Waals surface area contributed by atoms with E-state index in [0.717, 1.165) is 55.0 Å². The van der Waals surface area contributed by atoms with Crippen LogP contribution in [0.15, 0.2) is 93.8 Å². The molecule has 5 nitrogen and oxygen atoms in total. The second kappa shape index (κ2) is 6.89. The van der Waals surface area contributed by atoms with E-state index < -0.39 is 0 Å². The third kappa shape index (κ3) is 2.90. The number of furan rings is 2. The highest BCUT2D eigenvalue weighted by Crippen LogP contribution is 2.34. The maximum Gasteiger partial charge on any atom is 0.226 e. The monoisotopic (exact) mass is 447 g/mol. The molecule has 0 spiro atoms. The lowest BCUT2D eigenvalue weighted by Gasteiger charge is -2.05. The van der Waals surface area contributed by atoms with Crippen LogP contribution >= 0.6 is 11.6 Å². The Morgan fingerprint density at radius 3 is 1.79 bits per heavy atom. The topological polar surface area (TPSA) is 65.0 Å². The number of benzene rings is 4. The van der Waals surface area contributed by atoms with Crippen molar-refractivity contribution in [2.24, 2.45) is 0 Å². The van der Waals surface area contributed by atoms with E-state index in [9.17, 15) is 0 Å². The number of hydrogen-bond donors (Lipinski definition) is 0. The Bertz CT molecular complexity index is 1850. The van der Waals surface area contributed by atoms with E-state index in [1.807, 2.05) is 78.9 Å². The van der Waals surface area contributed by atoms with Crippen molar-refractivity contribution < 1.29 is 8.83 Å². The molecule has 33 heavy (non-hydrogen) atoms.